The number of benzene rings is 1. The molecule has 8 heteroatoms. The Morgan fingerprint density at radius 3 is 2.50 bits per heavy atom. The molecule has 0 aromatic heterocycles. The lowest BCUT2D eigenvalue weighted by Crippen LogP contribution is -2.40. The molecule has 3 rings (SSSR count). The molecule has 2 aliphatic rings. The highest BCUT2D eigenvalue weighted by Gasteiger charge is 2.42. The van der Waals surface area contributed by atoms with Gasteiger partial charge in [-0.2, -0.15) is 0 Å². The molecule has 2 amide bonds. The van der Waals surface area contributed by atoms with E-state index in [0.29, 0.717) is 72.8 Å². The predicted octanol–water partition coefficient (Wildman–Crippen LogP) is 3.22. The molecule has 0 radical (unpaired) electrons. The van der Waals surface area contributed by atoms with Crippen molar-refractivity contribution >= 4 is 40.6 Å². The van der Waals surface area contributed by atoms with E-state index in [1.54, 1.807) is 18.2 Å². The SMILES string of the molecule is CC(C)OCCCN1C(=O)C(c2ccc(Cl)cc2Cl)=C(N2CCOCC2)C1=O. The standard InChI is InChI=1S/C20H24Cl2N2O4/c1-13(2)28-9-3-6-24-19(25)17(15-5-4-14(21)12-16(15)22)18(20(24)26)23-7-10-27-11-8-23/h4-5,12-13H,3,6-11H2,1-2H3. The maximum absolute atomic E-state index is 13.2. The summed E-state index contributed by atoms with van der Waals surface area (Å²) in [5, 5.41) is 0.820. The van der Waals surface area contributed by atoms with E-state index < -0.39 is 0 Å². The molecule has 0 spiro atoms. The normalized spacial score (nSPS) is 18.0. The van der Waals surface area contributed by atoms with Gasteiger partial charge in [0, 0.05) is 36.8 Å². The molecule has 0 N–H and O–H groups in total. The van der Waals surface area contributed by atoms with Gasteiger partial charge >= 0.3 is 0 Å². The molecule has 0 bridgehead atoms. The van der Waals surface area contributed by atoms with E-state index in [9.17, 15) is 9.59 Å². The Hall–Kier alpha value is -1.60. The van der Waals surface area contributed by atoms with Gasteiger partial charge in [-0.05, 0) is 32.4 Å². The summed E-state index contributed by atoms with van der Waals surface area (Å²) in [6.07, 6.45) is 0.684. The van der Waals surface area contributed by atoms with Gasteiger partial charge in [-0.1, -0.05) is 29.3 Å². The third-order valence-corrected chi connectivity index (χ3v) is 5.20. The van der Waals surface area contributed by atoms with E-state index >= 15 is 0 Å². The lowest BCUT2D eigenvalue weighted by Gasteiger charge is -2.29. The third-order valence-electron chi connectivity index (χ3n) is 4.65. The molecule has 0 saturated carbocycles. The number of nitrogens with zero attached hydrogens (tertiary/aromatic N) is 2. The minimum Gasteiger partial charge on any atom is -0.379 e. The van der Waals surface area contributed by atoms with Crippen molar-refractivity contribution in [2.75, 3.05) is 39.5 Å². The Kier molecular flexibility index (Phi) is 6.99. The largest absolute Gasteiger partial charge is 0.379 e. The Morgan fingerprint density at radius 2 is 1.86 bits per heavy atom. The van der Waals surface area contributed by atoms with Gasteiger partial charge in [-0.15, -0.1) is 0 Å². The Balaban J connectivity index is 1.91. The zero-order valence-corrected chi connectivity index (χ0v) is 17.6. The summed E-state index contributed by atoms with van der Waals surface area (Å²) in [5.74, 6) is -0.627. The number of carbonyl (C=O) groups is 2. The van der Waals surface area contributed by atoms with Crippen LogP contribution in [0.5, 0.6) is 0 Å². The van der Waals surface area contributed by atoms with E-state index in [4.69, 9.17) is 32.7 Å². The number of carbonyl (C=O) groups excluding carboxylic acids is 2. The minimum atomic E-state index is -0.333. The summed E-state index contributed by atoms with van der Waals surface area (Å²) >= 11 is 12.4. The van der Waals surface area contributed by atoms with Gasteiger partial charge in [-0.3, -0.25) is 14.5 Å². The van der Waals surface area contributed by atoms with E-state index in [1.807, 2.05) is 18.7 Å². The highest BCUT2D eigenvalue weighted by molar-refractivity contribution is 6.41. The van der Waals surface area contributed by atoms with E-state index in [1.165, 1.54) is 4.90 Å². The second kappa shape index (κ2) is 9.27. The van der Waals surface area contributed by atoms with E-state index in [0.717, 1.165) is 0 Å². The zero-order chi connectivity index (χ0) is 20.3. The number of hydrogen-bond acceptors (Lipinski definition) is 5. The number of hydrogen-bond donors (Lipinski definition) is 0. The monoisotopic (exact) mass is 426 g/mol. The van der Waals surface area contributed by atoms with Crippen molar-refractivity contribution in [2.24, 2.45) is 0 Å². The second-order valence-electron chi connectivity index (χ2n) is 6.98. The summed E-state index contributed by atoms with van der Waals surface area (Å²) in [6, 6.07) is 4.94. The van der Waals surface area contributed by atoms with Crippen LogP contribution < -0.4 is 0 Å². The van der Waals surface area contributed by atoms with Gasteiger partial charge in [0.2, 0.25) is 0 Å². The topological polar surface area (TPSA) is 59.1 Å². The molecule has 28 heavy (non-hydrogen) atoms. The molecule has 2 heterocycles. The van der Waals surface area contributed by atoms with Gasteiger partial charge in [0.1, 0.15) is 5.70 Å². The van der Waals surface area contributed by atoms with Gasteiger partial charge in [0.15, 0.2) is 0 Å². The molecule has 1 aromatic rings. The average Bonchev–Trinajstić information content (AvgIpc) is 2.90. The first-order valence-corrected chi connectivity index (χ1v) is 10.2. The van der Waals surface area contributed by atoms with Crippen LogP contribution in [0.25, 0.3) is 5.57 Å². The fourth-order valence-electron chi connectivity index (χ4n) is 3.32. The number of imide groups is 1. The molecule has 1 fully saturated rings. The third kappa shape index (κ3) is 4.51. The second-order valence-corrected chi connectivity index (χ2v) is 7.83. The minimum absolute atomic E-state index is 0.107. The van der Waals surface area contributed by atoms with E-state index in [-0.39, 0.29) is 17.9 Å². The van der Waals surface area contributed by atoms with Crippen molar-refractivity contribution in [1.82, 2.24) is 9.80 Å². The fourth-order valence-corrected chi connectivity index (χ4v) is 3.83. The number of rotatable bonds is 7. The highest BCUT2D eigenvalue weighted by Crippen LogP contribution is 2.36. The van der Waals surface area contributed by atoms with Crippen LogP contribution in [0.1, 0.15) is 25.8 Å². The van der Waals surface area contributed by atoms with Crippen molar-refractivity contribution in [1.29, 1.82) is 0 Å². The van der Waals surface area contributed by atoms with Crippen molar-refractivity contribution in [3.63, 3.8) is 0 Å². The molecule has 1 aromatic carbocycles. The molecule has 6 nitrogen and oxygen atoms in total. The van der Waals surface area contributed by atoms with Crippen LogP contribution in [0.4, 0.5) is 0 Å². The summed E-state index contributed by atoms with van der Waals surface area (Å²) < 4.78 is 10.9. The Bertz CT molecular complexity index is 788. The maximum atomic E-state index is 13.2. The molecule has 0 aliphatic carbocycles. The van der Waals surface area contributed by atoms with E-state index in [2.05, 4.69) is 0 Å². The average molecular weight is 427 g/mol. The van der Waals surface area contributed by atoms with Crippen LogP contribution in [0, 0.1) is 0 Å². The highest BCUT2D eigenvalue weighted by atomic mass is 35.5. The first kappa shape index (κ1) is 21.1. The predicted molar refractivity (Wildman–Crippen MR) is 108 cm³/mol. The number of morpholine rings is 1. The van der Waals surface area contributed by atoms with Crippen LogP contribution in [0.3, 0.4) is 0 Å². The van der Waals surface area contributed by atoms with Crippen LogP contribution in [0.2, 0.25) is 10.0 Å². The van der Waals surface area contributed by atoms with Crippen molar-refractivity contribution < 1.29 is 19.1 Å². The van der Waals surface area contributed by atoms with Crippen molar-refractivity contribution in [3.05, 3.63) is 39.5 Å². The number of ether oxygens (including phenoxy) is 2. The van der Waals surface area contributed by atoms with Gasteiger partial charge in [0.25, 0.3) is 11.8 Å². The summed E-state index contributed by atoms with van der Waals surface area (Å²) in [7, 11) is 0. The lowest BCUT2D eigenvalue weighted by molar-refractivity contribution is -0.138. The molecule has 152 valence electrons. The zero-order valence-electron chi connectivity index (χ0n) is 16.0. The number of amides is 2. The molecular weight excluding hydrogens is 403 g/mol. The Labute approximate surface area is 175 Å². The fraction of sp³-hybridized carbons (Fsp3) is 0.500. The van der Waals surface area contributed by atoms with Gasteiger partial charge in [-0.25, -0.2) is 0 Å². The summed E-state index contributed by atoms with van der Waals surface area (Å²) in [6.45, 7) is 6.80. The van der Waals surface area contributed by atoms with Crippen LogP contribution >= 0.6 is 23.2 Å². The number of halogens is 2. The molecule has 2 aliphatic heterocycles. The molecule has 0 unspecified atom stereocenters. The van der Waals surface area contributed by atoms with Crippen LogP contribution in [0.15, 0.2) is 23.9 Å². The molecular formula is C20H24Cl2N2O4. The quantitative estimate of drug-likeness (QED) is 0.494. The Morgan fingerprint density at radius 1 is 1.14 bits per heavy atom. The summed E-state index contributed by atoms with van der Waals surface area (Å²) in [4.78, 5) is 29.5. The van der Waals surface area contributed by atoms with Crippen molar-refractivity contribution in [2.45, 2.75) is 26.4 Å². The first-order valence-electron chi connectivity index (χ1n) is 9.40. The van der Waals surface area contributed by atoms with Crippen LogP contribution in [-0.4, -0.2) is 67.2 Å². The molecule has 0 atom stereocenters. The van der Waals surface area contributed by atoms with Crippen LogP contribution in [-0.2, 0) is 19.1 Å². The summed E-state index contributed by atoms with van der Waals surface area (Å²) in [5.41, 5.74) is 1.24. The smallest absolute Gasteiger partial charge is 0.277 e. The van der Waals surface area contributed by atoms with Gasteiger partial charge < -0.3 is 14.4 Å². The van der Waals surface area contributed by atoms with Crippen molar-refractivity contribution in [3.8, 4) is 0 Å². The lowest BCUT2D eigenvalue weighted by atomic mass is 10.0. The first-order chi connectivity index (χ1) is 13.4. The van der Waals surface area contributed by atoms with Gasteiger partial charge in [0.05, 0.1) is 29.9 Å². The molecule has 1 saturated heterocycles. The maximum Gasteiger partial charge on any atom is 0.277 e.